The molecule has 1 aromatic rings. The standard InChI is InChI=1S/C20H30O4/c1-7-9-10-24-19(23)15-11-13(3)14(8-2)16(12-20(4,5)6)17(15)18(21)22/h11H,7-10,12H2,1-6H3,(H,21,22). The van der Waals surface area contributed by atoms with Gasteiger partial charge in [-0.3, -0.25) is 0 Å². The molecule has 0 heterocycles. The van der Waals surface area contributed by atoms with Gasteiger partial charge in [0.2, 0.25) is 0 Å². The van der Waals surface area contributed by atoms with Crippen LogP contribution in [0.4, 0.5) is 0 Å². The Morgan fingerprint density at radius 2 is 1.79 bits per heavy atom. The summed E-state index contributed by atoms with van der Waals surface area (Å²) in [7, 11) is 0. The molecule has 4 nitrogen and oxygen atoms in total. The third kappa shape index (κ3) is 5.08. The first-order valence-corrected chi connectivity index (χ1v) is 8.68. The highest BCUT2D eigenvalue weighted by Crippen LogP contribution is 2.31. The van der Waals surface area contributed by atoms with Crippen LogP contribution in [0.2, 0.25) is 0 Å². The molecule has 0 saturated heterocycles. The molecule has 134 valence electrons. The summed E-state index contributed by atoms with van der Waals surface area (Å²) in [6, 6.07) is 1.67. The van der Waals surface area contributed by atoms with Crippen molar-refractivity contribution in [2.75, 3.05) is 6.61 Å². The number of carboxylic acids is 1. The van der Waals surface area contributed by atoms with E-state index in [-0.39, 0.29) is 16.5 Å². The van der Waals surface area contributed by atoms with E-state index in [1.165, 1.54) is 0 Å². The fourth-order valence-corrected chi connectivity index (χ4v) is 2.94. The quantitative estimate of drug-likeness (QED) is 0.574. The number of hydrogen-bond donors (Lipinski definition) is 1. The van der Waals surface area contributed by atoms with Crippen molar-refractivity contribution in [2.45, 2.75) is 67.2 Å². The van der Waals surface area contributed by atoms with Gasteiger partial charge in [0.05, 0.1) is 17.7 Å². The van der Waals surface area contributed by atoms with Crippen LogP contribution in [0.3, 0.4) is 0 Å². The van der Waals surface area contributed by atoms with Crippen LogP contribution < -0.4 is 0 Å². The summed E-state index contributed by atoms with van der Waals surface area (Å²) < 4.78 is 5.27. The summed E-state index contributed by atoms with van der Waals surface area (Å²) in [6.45, 7) is 12.5. The number of carbonyl (C=O) groups excluding carboxylic acids is 1. The van der Waals surface area contributed by atoms with Crippen molar-refractivity contribution in [3.05, 3.63) is 33.9 Å². The SMILES string of the molecule is CCCCOC(=O)c1cc(C)c(CC)c(CC(C)(C)C)c1C(=O)O. The number of aryl methyl sites for hydroxylation is 1. The van der Waals surface area contributed by atoms with Gasteiger partial charge >= 0.3 is 11.9 Å². The van der Waals surface area contributed by atoms with Gasteiger partial charge in [0.1, 0.15) is 0 Å². The molecule has 0 unspecified atom stereocenters. The Morgan fingerprint density at radius 1 is 1.17 bits per heavy atom. The maximum absolute atomic E-state index is 12.4. The molecular weight excluding hydrogens is 304 g/mol. The molecular formula is C20H30O4. The number of carboxylic acid groups (broad SMARTS) is 1. The van der Waals surface area contributed by atoms with Crippen molar-refractivity contribution in [3.63, 3.8) is 0 Å². The Morgan fingerprint density at radius 3 is 2.25 bits per heavy atom. The number of esters is 1. The van der Waals surface area contributed by atoms with E-state index in [2.05, 4.69) is 20.8 Å². The molecule has 0 spiro atoms. The summed E-state index contributed by atoms with van der Waals surface area (Å²) in [5, 5.41) is 9.77. The Hall–Kier alpha value is -1.84. The lowest BCUT2D eigenvalue weighted by Crippen LogP contribution is -2.21. The second-order valence-corrected chi connectivity index (χ2v) is 7.46. The average molecular weight is 334 g/mol. The number of carbonyl (C=O) groups is 2. The Bertz CT molecular complexity index is 609. The van der Waals surface area contributed by atoms with E-state index >= 15 is 0 Å². The topological polar surface area (TPSA) is 63.6 Å². The van der Waals surface area contributed by atoms with E-state index in [1.54, 1.807) is 6.07 Å². The van der Waals surface area contributed by atoms with Crippen LogP contribution in [0.15, 0.2) is 6.07 Å². The lowest BCUT2D eigenvalue weighted by atomic mass is 9.80. The van der Waals surface area contributed by atoms with Gasteiger partial charge in [-0.25, -0.2) is 9.59 Å². The normalized spacial score (nSPS) is 11.4. The number of unbranched alkanes of at least 4 members (excludes halogenated alkanes) is 1. The molecule has 1 aromatic carbocycles. The van der Waals surface area contributed by atoms with Gasteiger partial charge in [-0.05, 0) is 54.4 Å². The lowest BCUT2D eigenvalue weighted by Gasteiger charge is -2.24. The largest absolute Gasteiger partial charge is 0.478 e. The molecule has 1 rings (SSSR count). The summed E-state index contributed by atoms with van der Waals surface area (Å²) >= 11 is 0. The molecule has 0 bridgehead atoms. The minimum Gasteiger partial charge on any atom is -0.478 e. The Balaban J connectivity index is 3.49. The van der Waals surface area contributed by atoms with Crippen molar-refractivity contribution >= 4 is 11.9 Å². The van der Waals surface area contributed by atoms with Gasteiger partial charge < -0.3 is 9.84 Å². The second-order valence-electron chi connectivity index (χ2n) is 7.46. The molecule has 0 radical (unpaired) electrons. The molecule has 0 aliphatic rings. The van der Waals surface area contributed by atoms with E-state index in [1.807, 2.05) is 20.8 Å². The van der Waals surface area contributed by atoms with Crippen molar-refractivity contribution in [1.29, 1.82) is 0 Å². The van der Waals surface area contributed by atoms with Crippen molar-refractivity contribution in [2.24, 2.45) is 5.41 Å². The van der Waals surface area contributed by atoms with E-state index in [0.717, 1.165) is 36.0 Å². The van der Waals surface area contributed by atoms with Crippen LogP contribution in [-0.2, 0) is 17.6 Å². The molecule has 0 aliphatic carbocycles. The number of aromatic carboxylic acids is 1. The predicted molar refractivity (Wildman–Crippen MR) is 95.9 cm³/mol. The maximum atomic E-state index is 12.4. The molecule has 0 saturated carbocycles. The van der Waals surface area contributed by atoms with Crippen LogP contribution in [-0.4, -0.2) is 23.7 Å². The first kappa shape index (κ1) is 20.2. The summed E-state index contributed by atoms with van der Waals surface area (Å²) in [5.74, 6) is -1.60. The van der Waals surface area contributed by atoms with Crippen LogP contribution in [0.25, 0.3) is 0 Å². The highest BCUT2D eigenvalue weighted by Gasteiger charge is 2.27. The van der Waals surface area contributed by atoms with E-state index < -0.39 is 11.9 Å². The van der Waals surface area contributed by atoms with Gasteiger partial charge in [-0.15, -0.1) is 0 Å². The van der Waals surface area contributed by atoms with Crippen LogP contribution in [0.5, 0.6) is 0 Å². The Labute approximate surface area is 145 Å². The zero-order valence-corrected chi connectivity index (χ0v) is 15.8. The third-order valence-corrected chi connectivity index (χ3v) is 4.00. The van der Waals surface area contributed by atoms with Gasteiger partial charge in [-0.2, -0.15) is 0 Å². The number of rotatable bonds is 7. The van der Waals surface area contributed by atoms with Crippen molar-refractivity contribution < 1.29 is 19.4 Å². The average Bonchev–Trinajstić information content (AvgIpc) is 2.45. The molecule has 1 N–H and O–H groups in total. The zero-order valence-electron chi connectivity index (χ0n) is 15.8. The highest BCUT2D eigenvalue weighted by molar-refractivity contribution is 6.04. The fourth-order valence-electron chi connectivity index (χ4n) is 2.94. The van der Waals surface area contributed by atoms with E-state index in [9.17, 15) is 14.7 Å². The van der Waals surface area contributed by atoms with Crippen LogP contribution >= 0.6 is 0 Å². The third-order valence-electron chi connectivity index (χ3n) is 4.00. The predicted octanol–water partition coefficient (Wildman–Crippen LogP) is 4.80. The number of ether oxygens (including phenoxy) is 1. The first-order chi connectivity index (χ1) is 11.1. The molecule has 24 heavy (non-hydrogen) atoms. The zero-order chi connectivity index (χ0) is 18.5. The minimum atomic E-state index is -1.06. The monoisotopic (exact) mass is 334 g/mol. The first-order valence-electron chi connectivity index (χ1n) is 8.68. The fraction of sp³-hybridized carbons (Fsp3) is 0.600. The van der Waals surface area contributed by atoms with Gasteiger partial charge in [-0.1, -0.05) is 41.0 Å². The van der Waals surface area contributed by atoms with Gasteiger partial charge in [0.25, 0.3) is 0 Å². The van der Waals surface area contributed by atoms with E-state index in [4.69, 9.17) is 4.74 Å². The molecule has 4 heteroatoms. The second kappa shape index (κ2) is 8.32. The van der Waals surface area contributed by atoms with Crippen molar-refractivity contribution in [3.8, 4) is 0 Å². The van der Waals surface area contributed by atoms with E-state index in [0.29, 0.717) is 13.0 Å². The summed E-state index contributed by atoms with van der Waals surface area (Å²) in [4.78, 5) is 24.4. The molecule has 0 amide bonds. The lowest BCUT2D eigenvalue weighted by molar-refractivity contribution is 0.0488. The number of hydrogen-bond acceptors (Lipinski definition) is 3. The molecule has 0 aliphatic heterocycles. The summed E-state index contributed by atoms with van der Waals surface area (Å²) in [6.07, 6.45) is 3.04. The minimum absolute atomic E-state index is 0.0781. The molecule has 0 atom stereocenters. The van der Waals surface area contributed by atoms with Crippen LogP contribution in [0.1, 0.15) is 84.9 Å². The molecule has 0 fully saturated rings. The summed E-state index contributed by atoms with van der Waals surface area (Å²) in [5.41, 5.74) is 2.93. The van der Waals surface area contributed by atoms with Crippen molar-refractivity contribution in [1.82, 2.24) is 0 Å². The van der Waals surface area contributed by atoms with Crippen LogP contribution in [0, 0.1) is 12.3 Å². The van der Waals surface area contributed by atoms with Gasteiger partial charge in [0, 0.05) is 0 Å². The smallest absolute Gasteiger partial charge is 0.339 e. The van der Waals surface area contributed by atoms with Gasteiger partial charge in [0.15, 0.2) is 0 Å². The highest BCUT2D eigenvalue weighted by atomic mass is 16.5. The Kier molecular flexibility index (Phi) is 7.00. The number of benzene rings is 1. The maximum Gasteiger partial charge on any atom is 0.339 e. The molecule has 0 aromatic heterocycles.